The van der Waals surface area contributed by atoms with Gasteiger partial charge in [-0.15, -0.1) is 0 Å². The number of piperazine rings is 1. The number of nitrogens with zero attached hydrogens (tertiary/aromatic N) is 2. The Morgan fingerprint density at radius 3 is 1.74 bits per heavy atom. The summed E-state index contributed by atoms with van der Waals surface area (Å²) in [7, 11) is 0. The van der Waals surface area contributed by atoms with Crippen LogP contribution >= 0.6 is 0 Å². The van der Waals surface area contributed by atoms with Crippen LogP contribution < -0.4 is 21.1 Å². The van der Waals surface area contributed by atoms with Gasteiger partial charge in [-0.05, 0) is 48.5 Å². The minimum atomic E-state index is -1.31. The summed E-state index contributed by atoms with van der Waals surface area (Å²) in [5.41, 5.74) is 14.6. The Morgan fingerprint density at radius 1 is 0.870 bits per heavy atom. The zero-order chi connectivity index (χ0) is 16.2. The molecule has 0 spiro atoms. The molecule has 1 heterocycles. The molecule has 1 saturated heterocycles. The van der Waals surface area contributed by atoms with Crippen molar-refractivity contribution in [2.24, 2.45) is 0 Å². The Balaban J connectivity index is 1.96. The van der Waals surface area contributed by atoms with Crippen molar-refractivity contribution in [3.05, 3.63) is 48.5 Å². The van der Waals surface area contributed by atoms with Crippen LogP contribution in [0.3, 0.4) is 0 Å². The second-order valence-electron chi connectivity index (χ2n) is 5.39. The zero-order valence-corrected chi connectivity index (χ0v) is 13.6. The Labute approximate surface area is 138 Å². The maximum Gasteiger partial charge on any atom is 0.203 e. The standard InChI is InChI=1S/C16H21N5OS/c17-13-1-5-15(6-2-13)21(16-7-3-14(18)4-8-16)23(22)20-11-9-19-10-12-20/h1-8,19H,9-12,17-18H2. The van der Waals surface area contributed by atoms with E-state index in [0.717, 1.165) is 37.6 Å². The molecule has 1 atom stereocenters. The Bertz CT molecular complexity index is 622. The molecule has 2 aromatic rings. The van der Waals surface area contributed by atoms with Crippen molar-refractivity contribution < 1.29 is 4.21 Å². The first kappa shape index (κ1) is 15.8. The predicted octanol–water partition coefficient (Wildman–Crippen LogP) is 1.47. The number of hydrogen-bond acceptors (Lipinski definition) is 4. The van der Waals surface area contributed by atoms with Crippen LogP contribution in [-0.4, -0.2) is 34.7 Å². The molecule has 1 aliphatic heterocycles. The van der Waals surface area contributed by atoms with Crippen LogP contribution in [0.25, 0.3) is 0 Å². The Kier molecular flexibility index (Phi) is 4.80. The fourth-order valence-electron chi connectivity index (χ4n) is 2.46. The quantitative estimate of drug-likeness (QED) is 0.741. The summed E-state index contributed by atoms with van der Waals surface area (Å²) in [6.45, 7) is 3.16. The minimum absolute atomic E-state index is 0.680. The highest BCUT2D eigenvalue weighted by Crippen LogP contribution is 2.29. The van der Waals surface area contributed by atoms with Crippen molar-refractivity contribution in [3.8, 4) is 0 Å². The predicted molar refractivity (Wildman–Crippen MR) is 96.4 cm³/mol. The molecule has 0 bridgehead atoms. The molecule has 2 aromatic carbocycles. The molecule has 122 valence electrons. The normalized spacial score (nSPS) is 16.9. The van der Waals surface area contributed by atoms with Crippen molar-refractivity contribution in [1.29, 1.82) is 0 Å². The van der Waals surface area contributed by atoms with Gasteiger partial charge in [0.05, 0.1) is 11.4 Å². The van der Waals surface area contributed by atoms with Gasteiger partial charge in [-0.25, -0.2) is 12.8 Å². The highest BCUT2D eigenvalue weighted by atomic mass is 32.2. The summed E-state index contributed by atoms with van der Waals surface area (Å²) in [4.78, 5) is 0. The number of nitrogens with two attached hydrogens (primary N) is 2. The lowest BCUT2D eigenvalue weighted by atomic mass is 10.2. The molecule has 5 N–H and O–H groups in total. The van der Waals surface area contributed by atoms with Gasteiger partial charge in [-0.2, -0.15) is 0 Å². The fourth-order valence-corrected chi connectivity index (χ4v) is 3.79. The SMILES string of the molecule is Nc1ccc(N(c2ccc(N)cc2)S(=O)N2CCNCC2)cc1. The number of nitrogens with one attached hydrogen (secondary N) is 1. The fraction of sp³-hybridized carbons (Fsp3) is 0.250. The highest BCUT2D eigenvalue weighted by Gasteiger charge is 2.24. The van der Waals surface area contributed by atoms with E-state index in [9.17, 15) is 4.21 Å². The Hall–Kier alpha value is -2.09. The summed E-state index contributed by atoms with van der Waals surface area (Å²) in [6.07, 6.45) is 0. The smallest absolute Gasteiger partial charge is 0.203 e. The molecule has 6 nitrogen and oxygen atoms in total. The van der Waals surface area contributed by atoms with Gasteiger partial charge in [0.2, 0.25) is 11.2 Å². The maximum absolute atomic E-state index is 13.1. The van der Waals surface area contributed by atoms with Gasteiger partial charge >= 0.3 is 0 Å². The molecular weight excluding hydrogens is 310 g/mol. The van der Waals surface area contributed by atoms with Crippen LogP contribution in [0, 0.1) is 0 Å². The third-order valence-electron chi connectivity index (χ3n) is 3.71. The molecule has 0 saturated carbocycles. The second-order valence-corrected chi connectivity index (χ2v) is 6.73. The van der Waals surface area contributed by atoms with Gasteiger partial charge in [-0.1, -0.05) is 0 Å². The minimum Gasteiger partial charge on any atom is -0.399 e. The lowest BCUT2D eigenvalue weighted by molar-refractivity contribution is 0.380. The molecule has 0 aliphatic carbocycles. The van der Waals surface area contributed by atoms with Crippen LogP contribution in [0.2, 0.25) is 0 Å². The molecule has 0 amide bonds. The largest absolute Gasteiger partial charge is 0.399 e. The number of hydrogen-bond donors (Lipinski definition) is 3. The molecular formula is C16H21N5OS. The summed E-state index contributed by atoms with van der Waals surface area (Å²) in [5, 5.41) is 3.28. The van der Waals surface area contributed by atoms with Gasteiger partial charge < -0.3 is 16.8 Å². The first-order valence-electron chi connectivity index (χ1n) is 7.54. The van der Waals surface area contributed by atoms with E-state index >= 15 is 0 Å². The lowest BCUT2D eigenvalue weighted by Crippen LogP contribution is -2.47. The van der Waals surface area contributed by atoms with E-state index in [1.165, 1.54) is 0 Å². The van der Waals surface area contributed by atoms with Gasteiger partial charge in [0.25, 0.3) is 0 Å². The zero-order valence-electron chi connectivity index (χ0n) is 12.8. The number of anilines is 4. The van der Waals surface area contributed by atoms with E-state index in [1.54, 1.807) is 0 Å². The maximum atomic E-state index is 13.1. The highest BCUT2D eigenvalue weighted by molar-refractivity contribution is 7.84. The van der Waals surface area contributed by atoms with Crippen molar-refractivity contribution in [1.82, 2.24) is 9.62 Å². The van der Waals surface area contributed by atoms with Crippen molar-refractivity contribution in [3.63, 3.8) is 0 Å². The van der Waals surface area contributed by atoms with E-state index in [0.29, 0.717) is 11.4 Å². The molecule has 3 rings (SSSR count). The summed E-state index contributed by atoms with van der Waals surface area (Å²) < 4.78 is 16.9. The average molecular weight is 331 g/mol. The number of benzene rings is 2. The van der Waals surface area contributed by atoms with Crippen LogP contribution in [0.5, 0.6) is 0 Å². The molecule has 7 heteroatoms. The second kappa shape index (κ2) is 6.99. The summed E-state index contributed by atoms with van der Waals surface area (Å²) >= 11 is -1.31. The van der Waals surface area contributed by atoms with Gasteiger partial charge in [0.1, 0.15) is 0 Å². The van der Waals surface area contributed by atoms with Crippen molar-refractivity contribution >= 4 is 33.9 Å². The third kappa shape index (κ3) is 3.64. The topological polar surface area (TPSA) is 87.6 Å². The van der Waals surface area contributed by atoms with E-state index in [4.69, 9.17) is 11.5 Å². The molecule has 1 fully saturated rings. The number of rotatable bonds is 4. The first-order valence-corrected chi connectivity index (χ1v) is 8.60. The van der Waals surface area contributed by atoms with Gasteiger partial charge in [-0.3, -0.25) is 0 Å². The van der Waals surface area contributed by atoms with Crippen molar-refractivity contribution in [2.75, 3.05) is 42.0 Å². The molecule has 0 radical (unpaired) electrons. The van der Waals surface area contributed by atoms with Crippen LogP contribution in [-0.2, 0) is 11.2 Å². The molecule has 0 aromatic heterocycles. The van der Waals surface area contributed by atoms with Gasteiger partial charge in [0.15, 0.2) is 0 Å². The van der Waals surface area contributed by atoms with Crippen molar-refractivity contribution in [2.45, 2.75) is 0 Å². The number of nitrogen functional groups attached to an aromatic ring is 2. The van der Waals surface area contributed by atoms with Crippen LogP contribution in [0.1, 0.15) is 0 Å². The molecule has 23 heavy (non-hydrogen) atoms. The van der Waals surface area contributed by atoms with E-state index in [2.05, 4.69) is 5.32 Å². The van der Waals surface area contributed by atoms with E-state index in [1.807, 2.05) is 57.1 Å². The summed E-state index contributed by atoms with van der Waals surface area (Å²) in [6, 6.07) is 14.8. The Morgan fingerprint density at radius 2 is 1.30 bits per heavy atom. The monoisotopic (exact) mass is 331 g/mol. The lowest BCUT2D eigenvalue weighted by Gasteiger charge is -2.32. The van der Waals surface area contributed by atoms with Gasteiger partial charge in [0, 0.05) is 37.6 Å². The van der Waals surface area contributed by atoms with E-state index < -0.39 is 11.2 Å². The summed E-state index contributed by atoms with van der Waals surface area (Å²) in [5.74, 6) is 0. The third-order valence-corrected chi connectivity index (χ3v) is 5.25. The van der Waals surface area contributed by atoms with E-state index in [-0.39, 0.29) is 0 Å². The van der Waals surface area contributed by atoms with Crippen LogP contribution in [0.4, 0.5) is 22.7 Å². The first-order chi connectivity index (χ1) is 11.1. The molecule has 1 aliphatic rings. The average Bonchev–Trinajstić information content (AvgIpc) is 2.59. The van der Waals surface area contributed by atoms with Crippen LogP contribution in [0.15, 0.2) is 48.5 Å². The molecule has 1 unspecified atom stereocenters.